The zero-order valence-electron chi connectivity index (χ0n) is 15.7. The molecule has 2 N–H and O–H groups in total. The second-order valence-electron chi connectivity index (χ2n) is 7.44. The molecule has 6 nitrogen and oxygen atoms in total. The number of piperazine rings is 1. The van der Waals surface area contributed by atoms with Gasteiger partial charge in [0.25, 0.3) is 0 Å². The van der Waals surface area contributed by atoms with E-state index in [4.69, 9.17) is 4.74 Å². The third kappa shape index (κ3) is 3.83. The van der Waals surface area contributed by atoms with Crippen LogP contribution in [-0.2, 0) is 0 Å². The van der Waals surface area contributed by atoms with Crippen molar-refractivity contribution in [3.05, 3.63) is 46.1 Å². The molecular weight excluding hydrogens is 347 g/mol. The molecule has 2 heterocycles. The normalized spacial score (nSPS) is 18.1. The predicted molar refractivity (Wildman–Crippen MR) is 101 cm³/mol. The number of hydrogen-bond acceptors (Lipinski definition) is 4. The van der Waals surface area contributed by atoms with E-state index in [1.165, 1.54) is 16.8 Å². The molecule has 2 fully saturated rings. The summed E-state index contributed by atoms with van der Waals surface area (Å²) in [5, 5.41) is 6.61. The van der Waals surface area contributed by atoms with Gasteiger partial charge in [-0.1, -0.05) is 0 Å². The third-order valence-electron chi connectivity index (χ3n) is 5.32. The summed E-state index contributed by atoms with van der Waals surface area (Å²) >= 11 is 0. The number of halogens is 1. The monoisotopic (exact) mass is 373 g/mol. The number of nitrogens with two attached hydrogens (primary N) is 1. The minimum atomic E-state index is -0.382. The molecule has 0 atom stereocenters. The standard InChI is InChI=1S/C20H25FN4O2/c1-14-10-15(21)12-16(11-14)25-20(26)19(27-17-4-2-3-5-17)18(13-23-25)24-8-6-22-7-9-24/h10-13,17,22H,2-9H2,1H3/p+1. The Kier molecular flexibility index (Phi) is 5.11. The molecule has 1 aromatic carbocycles. The summed E-state index contributed by atoms with van der Waals surface area (Å²) in [5.41, 5.74) is 1.60. The van der Waals surface area contributed by atoms with E-state index < -0.39 is 0 Å². The number of ether oxygens (including phenoxy) is 1. The van der Waals surface area contributed by atoms with E-state index in [1.54, 1.807) is 19.2 Å². The molecule has 2 aromatic rings. The Morgan fingerprint density at radius 1 is 1.19 bits per heavy atom. The fraction of sp³-hybridized carbons (Fsp3) is 0.500. The molecule has 0 amide bonds. The molecule has 1 saturated carbocycles. The fourth-order valence-corrected chi connectivity index (χ4v) is 3.95. The average Bonchev–Trinajstić information content (AvgIpc) is 3.16. The van der Waals surface area contributed by atoms with Crippen molar-refractivity contribution in [2.24, 2.45) is 0 Å². The molecule has 0 bridgehead atoms. The van der Waals surface area contributed by atoms with Gasteiger partial charge in [0, 0.05) is 0 Å². The Morgan fingerprint density at radius 3 is 2.63 bits per heavy atom. The summed E-state index contributed by atoms with van der Waals surface area (Å²) in [7, 11) is 0. The van der Waals surface area contributed by atoms with Gasteiger partial charge in [-0.15, -0.1) is 0 Å². The van der Waals surface area contributed by atoms with Crippen LogP contribution in [0.5, 0.6) is 5.75 Å². The second-order valence-corrected chi connectivity index (χ2v) is 7.44. The van der Waals surface area contributed by atoms with E-state index in [-0.39, 0.29) is 17.5 Å². The molecule has 1 aliphatic carbocycles. The molecule has 0 unspecified atom stereocenters. The van der Waals surface area contributed by atoms with Gasteiger partial charge in [0.15, 0.2) is 0 Å². The maximum absolute atomic E-state index is 13.9. The van der Waals surface area contributed by atoms with E-state index in [0.717, 1.165) is 63.1 Å². The number of quaternary nitrogens is 1. The Balaban J connectivity index is 1.78. The number of aryl methyl sites for hydroxylation is 1. The highest BCUT2D eigenvalue weighted by molar-refractivity contribution is 5.57. The van der Waals surface area contributed by atoms with Gasteiger partial charge in [-0.05, 0) is 56.4 Å². The van der Waals surface area contributed by atoms with Crippen molar-refractivity contribution in [3.8, 4) is 11.4 Å². The SMILES string of the molecule is Cc1cc(F)cc(-n2ncc(N3CC[NH2+]CC3)c(OC3CCCC3)c2=O)c1. The number of rotatable bonds is 4. The summed E-state index contributed by atoms with van der Waals surface area (Å²) in [4.78, 5) is 15.4. The molecule has 27 heavy (non-hydrogen) atoms. The maximum atomic E-state index is 13.9. The average molecular weight is 373 g/mol. The lowest BCUT2D eigenvalue weighted by molar-refractivity contribution is -0.655. The van der Waals surface area contributed by atoms with Crippen molar-refractivity contribution in [2.75, 3.05) is 31.1 Å². The Hall–Kier alpha value is -2.41. The molecular formula is C20H26FN4O2+. The first-order valence-corrected chi connectivity index (χ1v) is 9.75. The second kappa shape index (κ2) is 7.68. The van der Waals surface area contributed by atoms with Gasteiger partial charge in [-0.3, -0.25) is 4.79 Å². The molecule has 1 aliphatic heterocycles. The molecule has 7 heteroatoms. The van der Waals surface area contributed by atoms with Crippen LogP contribution in [0.15, 0.2) is 29.2 Å². The predicted octanol–water partition coefficient (Wildman–Crippen LogP) is 1.38. The summed E-state index contributed by atoms with van der Waals surface area (Å²) in [6.45, 7) is 5.46. The molecule has 0 radical (unpaired) electrons. The Morgan fingerprint density at radius 2 is 1.93 bits per heavy atom. The molecule has 4 rings (SSSR count). The zero-order valence-corrected chi connectivity index (χ0v) is 15.7. The van der Waals surface area contributed by atoms with Crippen LogP contribution in [0, 0.1) is 12.7 Å². The zero-order chi connectivity index (χ0) is 18.8. The first-order chi connectivity index (χ1) is 13.1. The molecule has 0 spiro atoms. The van der Waals surface area contributed by atoms with E-state index in [2.05, 4.69) is 15.3 Å². The highest BCUT2D eigenvalue weighted by Gasteiger charge is 2.25. The van der Waals surface area contributed by atoms with Gasteiger partial charge < -0.3 is 15.0 Å². The van der Waals surface area contributed by atoms with Gasteiger partial charge in [0.05, 0.1) is 44.2 Å². The van der Waals surface area contributed by atoms with Gasteiger partial charge >= 0.3 is 5.56 Å². The number of benzene rings is 1. The van der Waals surface area contributed by atoms with Crippen molar-refractivity contribution in [1.29, 1.82) is 0 Å². The minimum Gasteiger partial charge on any atom is -0.483 e. The van der Waals surface area contributed by atoms with E-state index >= 15 is 0 Å². The minimum absolute atomic E-state index is 0.0675. The number of aromatic nitrogens is 2. The molecule has 144 valence electrons. The highest BCUT2D eigenvalue weighted by atomic mass is 19.1. The fourth-order valence-electron chi connectivity index (χ4n) is 3.95. The van der Waals surface area contributed by atoms with Gasteiger partial charge in [0.1, 0.15) is 11.5 Å². The number of anilines is 1. The van der Waals surface area contributed by atoms with Crippen molar-refractivity contribution in [3.63, 3.8) is 0 Å². The van der Waals surface area contributed by atoms with Crippen molar-refractivity contribution in [1.82, 2.24) is 9.78 Å². The van der Waals surface area contributed by atoms with Crippen LogP contribution in [0.25, 0.3) is 5.69 Å². The molecule has 1 saturated heterocycles. The van der Waals surface area contributed by atoms with Crippen LogP contribution in [0.1, 0.15) is 31.2 Å². The van der Waals surface area contributed by atoms with E-state index in [1.807, 2.05) is 0 Å². The largest absolute Gasteiger partial charge is 0.483 e. The maximum Gasteiger partial charge on any atom is 0.316 e. The summed E-state index contributed by atoms with van der Waals surface area (Å²) in [5.74, 6) is -0.0340. The quantitative estimate of drug-likeness (QED) is 0.880. The van der Waals surface area contributed by atoms with Gasteiger partial charge in [-0.25, -0.2) is 4.39 Å². The lowest BCUT2D eigenvalue weighted by Crippen LogP contribution is -2.89. The third-order valence-corrected chi connectivity index (χ3v) is 5.32. The van der Waals surface area contributed by atoms with Crippen molar-refractivity contribution >= 4 is 5.69 Å². The lowest BCUT2D eigenvalue weighted by Gasteiger charge is -2.29. The van der Waals surface area contributed by atoms with Crippen molar-refractivity contribution in [2.45, 2.75) is 38.7 Å². The van der Waals surface area contributed by atoms with Crippen molar-refractivity contribution < 1.29 is 14.4 Å². The summed E-state index contributed by atoms with van der Waals surface area (Å²) < 4.78 is 21.3. The first kappa shape index (κ1) is 18.0. The Bertz CT molecular complexity index is 851. The first-order valence-electron chi connectivity index (χ1n) is 9.75. The van der Waals surface area contributed by atoms with Crippen LogP contribution >= 0.6 is 0 Å². The van der Waals surface area contributed by atoms with Gasteiger partial charge in [-0.2, -0.15) is 9.78 Å². The van der Waals surface area contributed by atoms with E-state index in [0.29, 0.717) is 11.4 Å². The smallest absolute Gasteiger partial charge is 0.316 e. The van der Waals surface area contributed by atoms with Crippen LogP contribution in [0.3, 0.4) is 0 Å². The molecule has 1 aromatic heterocycles. The number of nitrogens with zero attached hydrogens (tertiary/aromatic N) is 3. The topological polar surface area (TPSA) is 64.0 Å². The summed E-state index contributed by atoms with van der Waals surface area (Å²) in [6, 6.07) is 4.52. The Labute approximate surface area is 157 Å². The number of hydrogen-bond donors (Lipinski definition) is 1. The van der Waals surface area contributed by atoms with Crippen LogP contribution < -0.4 is 20.5 Å². The van der Waals surface area contributed by atoms with E-state index in [9.17, 15) is 9.18 Å². The van der Waals surface area contributed by atoms with Crippen LogP contribution in [0.4, 0.5) is 10.1 Å². The van der Waals surface area contributed by atoms with Crippen LogP contribution in [0.2, 0.25) is 0 Å². The lowest BCUT2D eigenvalue weighted by atomic mass is 10.2. The van der Waals surface area contributed by atoms with Gasteiger partial charge in [0.2, 0.25) is 5.75 Å². The summed E-state index contributed by atoms with van der Waals surface area (Å²) in [6.07, 6.45) is 5.94. The van der Waals surface area contributed by atoms with Crippen LogP contribution in [-0.4, -0.2) is 42.1 Å². The highest BCUT2D eigenvalue weighted by Crippen LogP contribution is 2.29. The molecule has 2 aliphatic rings.